The van der Waals surface area contributed by atoms with Crippen molar-refractivity contribution in [3.8, 4) is 0 Å². The number of carbonyl (C=O) groups is 1. The summed E-state index contributed by atoms with van der Waals surface area (Å²) in [5.74, 6) is -0.253. The summed E-state index contributed by atoms with van der Waals surface area (Å²) in [4.78, 5) is 12.0. The quantitative estimate of drug-likeness (QED) is 0.775. The summed E-state index contributed by atoms with van der Waals surface area (Å²) < 4.78 is 0. The van der Waals surface area contributed by atoms with Crippen LogP contribution in [0.5, 0.6) is 0 Å². The van der Waals surface area contributed by atoms with E-state index in [4.69, 9.17) is 5.73 Å². The third-order valence-electron chi connectivity index (χ3n) is 2.34. The zero-order chi connectivity index (χ0) is 11.3. The molecule has 0 radical (unpaired) electrons. The SMILES string of the molecule is CCc1ccsc1CNC(C)CC(N)=O. The van der Waals surface area contributed by atoms with E-state index >= 15 is 0 Å². The first-order valence-corrected chi connectivity index (χ1v) is 6.08. The molecule has 4 heteroatoms. The highest BCUT2D eigenvalue weighted by Gasteiger charge is 2.07. The van der Waals surface area contributed by atoms with Crippen molar-refractivity contribution >= 4 is 17.2 Å². The highest BCUT2D eigenvalue weighted by molar-refractivity contribution is 7.10. The van der Waals surface area contributed by atoms with Crippen LogP contribution in [0.15, 0.2) is 11.4 Å². The minimum absolute atomic E-state index is 0.148. The lowest BCUT2D eigenvalue weighted by Crippen LogP contribution is -2.30. The van der Waals surface area contributed by atoms with Gasteiger partial charge in [-0.15, -0.1) is 11.3 Å². The first-order chi connectivity index (χ1) is 7.13. The van der Waals surface area contributed by atoms with Gasteiger partial charge in [-0.3, -0.25) is 4.79 Å². The Kier molecular flexibility index (Phi) is 4.78. The number of thiophene rings is 1. The van der Waals surface area contributed by atoms with Crippen LogP contribution in [0.4, 0.5) is 0 Å². The van der Waals surface area contributed by atoms with Crippen LogP contribution >= 0.6 is 11.3 Å². The molecule has 15 heavy (non-hydrogen) atoms. The molecule has 0 aliphatic heterocycles. The minimum atomic E-state index is -0.253. The van der Waals surface area contributed by atoms with Gasteiger partial charge in [0.2, 0.25) is 5.91 Å². The summed E-state index contributed by atoms with van der Waals surface area (Å²) in [7, 11) is 0. The van der Waals surface area contributed by atoms with E-state index in [0.29, 0.717) is 6.42 Å². The van der Waals surface area contributed by atoms with Crippen molar-refractivity contribution in [1.29, 1.82) is 0 Å². The number of amides is 1. The van der Waals surface area contributed by atoms with Crippen molar-refractivity contribution in [3.63, 3.8) is 0 Å². The van der Waals surface area contributed by atoms with Gasteiger partial charge in [0.25, 0.3) is 0 Å². The lowest BCUT2D eigenvalue weighted by Gasteiger charge is -2.11. The van der Waals surface area contributed by atoms with Gasteiger partial charge in [0, 0.05) is 23.9 Å². The largest absolute Gasteiger partial charge is 0.370 e. The van der Waals surface area contributed by atoms with Gasteiger partial charge in [-0.25, -0.2) is 0 Å². The summed E-state index contributed by atoms with van der Waals surface area (Å²) in [6.45, 7) is 4.96. The summed E-state index contributed by atoms with van der Waals surface area (Å²) in [5.41, 5.74) is 6.51. The van der Waals surface area contributed by atoms with E-state index in [1.165, 1.54) is 10.4 Å². The van der Waals surface area contributed by atoms with Gasteiger partial charge in [-0.2, -0.15) is 0 Å². The molecule has 3 nitrogen and oxygen atoms in total. The average molecular weight is 226 g/mol. The molecular weight excluding hydrogens is 208 g/mol. The lowest BCUT2D eigenvalue weighted by atomic mass is 10.2. The summed E-state index contributed by atoms with van der Waals surface area (Å²) in [6.07, 6.45) is 1.46. The monoisotopic (exact) mass is 226 g/mol. The molecule has 0 saturated carbocycles. The number of nitrogens with two attached hydrogens (primary N) is 1. The predicted octanol–water partition coefficient (Wildman–Crippen LogP) is 1.66. The highest BCUT2D eigenvalue weighted by atomic mass is 32.1. The lowest BCUT2D eigenvalue weighted by molar-refractivity contribution is -0.118. The van der Waals surface area contributed by atoms with Gasteiger partial charge >= 0.3 is 0 Å². The molecule has 0 bridgehead atoms. The van der Waals surface area contributed by atoms with E-state index in [0.717, 1.165) is 13.0 Å². The van der Waals surface area contributed by atoms with Crippen molar-refractivity contribution in [2.75, 3.05) is 0 Å². The number of aryl methyl sites for hydroxylation is 1. The average Bonchev–Trinajstić information content (AvgIpc) is 2.60. The van der Waals surface area contributed by atoms with E-state index in [-0.39, 0.29) is 11.9 Å². The first-order valence-electron chi connectivity index (χ1n) is 5.20. The highest BCUT2D eigenvalue weighted by Crippen LogP contribution is 2.17. The fourth-order valence-electron chi connectivity index (χ4n) is 1.48. The van der Waals surface area contributed by atoms with Gasteiger partial charge in [0.15, 0.2) is 0 Å². The molecule has 3 N–H and O–H groups in total. The molecule has 1 aromatic rings. The minimum Gasteiger partial charge on any atom is -0.370 e. The standard InChI is InChI=1S/C11H18N2OS/c1-3-9-4-5-15-10(9)7-13-8(2)6-11(12)14/h4-5,8,13H,3,6-7H2,1-2H3,(H2,12,14). The van der Waals surface area contributed by atoms with Crippen molar-refractivity contribution in [2.24, 2.45) is 5.73 Å². The Hall–Kier alpha value is -0.870. The maximum Gasteiger partial charge on any atom is 0.218 e. The third-order valence-corrected chi connectivity index (χ3v) is 3.30. The second-order valence-electron chi connectivity index (χ2n) is 3.67. The van der Waals surface area contributed by atoms with Crippen molar-refractivity contribution in [2.45, 2.75) is 39.3 Å². The molecule has 1 atom stereocenters. The smallest absolute Gasteiger partial charge is 0.218 e. The maximum absolute atomic E-state index is 10.7. The molecule has 1 heterocycles. The van der Waals surface area contributed by atoms with Crippen LogP contribution in [0.1, 0.15) is 30.7 Å². The van der Waals surface area contributed by atoms with Gasteiger partial charge in [0.05, 0.1) is 0 Å². The Morgan fingerprint density at radius 3 is 3.00 bits per heavy atom. The van der Waals surface area contributed by atoms with E-state index < -0.39 is 0 Å². The molecule has 0 aliphatic carbocycles. The topological polar surface area (TPSA) is 55.1 Å². The Morgan fingerprint density at radius 1 is 1.67 bits per heavy atom. The summed E-state index contributed by atoms with van der Waals surface area (Å²) in [5, 5.41) is 5.41. The van der Waals surface area contributed by atoms with E-state index in [1.54, 1.807) is 11.3 Å². The van der Waals surface area contributed by atoms with Crippen LogP contribution < -0.4 is 11.1 Å². The Labute approximate surface area is 94.7 Å². The van der Waals surface area contributed by atoms with E-state index in [2.05, 4.69) is 23.7 Å². The molecule has 84 valence electrons. The van der Waals surface area contributed by atoms with Crippen LogP contribution in [-0.2, 0) is 17.8 Å². The first kappa shape index (κ1) is 12.2. The van der Waals surface area contributed by atoms with Gasteiger partial charge < -0.3 is 11.1 Å². The number of hydrogen-bond donors (Lipinski definition) is 2. The van der Waals surface area contributed by atoms with Crippen molar-refractivity contribution in [1.82, 2.24) is 5.32 Å². The second-order valence-corrected chi connectivity index (χ2v) is 4.68. The second kappa shape index (κ2) is 5.88. The fourth-order valence-corrected chi connectivity index (χ4v) is 2.41. The summed E-state index contributed by atoms with van der Waals surface area (Å²) >= 11 is 1.76. The predicted molar refractivity (Wildman–Crippen MR) is 63.8 cm³/mol. The number of primary amides is 1. The van der Waals surface area contributed by atoms with Gasteiger partial charge in [-0.05, 0) is 30.4 Å². The zero-order valence-corrected chi connectivity index (χ0v) is 10.1. The normalized spacial score (nSPS) is 12.7. The molecular formula is C11H18N2OS. The Bertz CT molecular complexity index is 322. The number of rotatable bonds is 6. The third kappa shape index (κ3) is 4.01. The van der Waals surface area contributed by atoms with E-state index in [1.807, 2.05) is 6.92 Å². The van der Waals surface area contributed by atoms with Gasteiger partial charge in [-0.1, -0.05) is 6.92 Å². The fraction of sp³-hybridized carbons (Fsp3) is 0.545. The number of nitrogens with one attached hydrogen (secondary N) is 1. The number of hydrogen-bond acceptors (Lipinski definition) is 3. The van der Waals surface area contributed by atoms with Gasteiger partial charge in [0.1, 0.15) is 0 Å². The van der Waals surface area contributed by atoms with E-state index in [9.17, 15) is 4.79 Å². The molecule has 0 aliphatic rings. The molecule has 0 fully saturated rings. The molecule has 1 amide bonds. The molecule has 1 aromatic heterocycles. The summed E-state index contributed by atoms with van der Waals surface area (Å²) in [6, 6.07) is 2.30. The van der Waals surface area contributed by atoms with Crippen molar-refractivity contribution < 1.29 is 4.79 Å². The molecule has 1 rings (SSSR count). The van der Waals surface area contributed by atoms with Crippen LogP contribution in [0.2, 0.25) is 0 Å². The Balaban J connectivity index is 2.39. The van der Waals surface area contributed by atoms with Crippen LogP contribution in [-0.4, -0.2) is 11.9 Å². The van der Waals surface area contributed by atoms with Crippen molar-refractivity contribution in [3.05, 3.63) is 21.9 Å². The number of carbonyl (C=O) groups excluding carboxylic acids is 1. The zero-order valence-electron chi connectivity index (χ0n) is 9.25. The molecule has 0 spiro atoms. The molecule has 1 unspecified atom stereocenters. The molecule has 0 saturated heterocycles. The van der Waals surface area contributed by atoms with Crippen LogP contribution in [0, 0.1) is 0 Å². The van der Waals surface area contributed by atoms with Crippen LogP contribution in [0.25, 0.3) is 0 Å². The Morgan fingerprint density at radius 2 is 2.40 bits per heavy atom. The maximum atomic E-state index is 10.7. The molecule has 0 aromatic carbocycles. The van der Waals surface area contributed by atoms with Crippen LogP contribution in [0.3, 0.4) is 0 Å².